The minimum Gasteiger partial charge on any atom is -0.457 e. The minimum atomic E-state index is -0.791. The van der Waals surface area contributed by atoms with E-state index >= 15 is 0 Å². The number of hydrogen-bond donors (Lipinski definition) is 1. The van der Waals surface area contributed by atoms with Crippen molar-refractivity contribution in [2.45, 2.75) is 13.3 Å². The zero-order chi connectivity index (χ0) is 21.0. The quantitative estimate of drug-likeness (QED) is 0.594. The highest BCUT2D eigenvalue weighted by Crippen LogP contribution is 2.18. The van der Waals surface area contributed by atoms with Crippen LogP contribution in [0.5, 0.6) is 0 Å². The molecule has 8 heteroatoms. The lowest BCUT2D eigenvalue weighted by atomic mass is 10.1. The number of halogens is 1. The average molecular weight is 398 g/mol. The lowest BCUT2D eigenvalue weighted by Crippen LogP contribution is -2.43. The van der Waals surface area contributed by atoms with Crippen LogP contribution in [0.25, 0.3) is 0 Å². The van der Waals surface area contributed by atoms with Crippen LogP contribution in [0.3, 0.4) is 0 Å². The van der Waals surface area contributed by atoms with E-state index in [0.29, 0.717) is 5.56 Å². The van der Waals surface area contributed by atoms with E-state index in [1.165, 1.54) is 12.1 Å². The van der Waals surface area contributed by atoms with Crippen molar-refractivity contribution in [3.8, 4) is 0 Å². The van der Waals surface area contributed by atoms with Gasteiger partial charge in [-0.15, -0.1) is 0 Å². The van der Waals surface area contributed by atoms with Crippen molar-refractivity contribution in [3.05, 3.63) is 71.0 Å². The number of benzene rings is 2. The van der Waals surface area contributed by atoms with Crippen LogP contribution >= 0.6 is 0 Å². The Hall–Kier alpha value is -3.55. The van der Waals surface area contributed by atoms with Gasteiger partial charge in [-0.3, -0.25) is 29.6 Å². The van der Waals surface area contributed by atoms with E-state index in [9.17, 15) is 23.6 Å². The van der Waals surface area contributed by atoms with Crippen LogP contribution in [-0.4, -0.2) is 41.7 Å². The third kappa shape index (κ3) is 4.84. The fraction of sp³-hybridized carbons (Fsp3) is 0.238. The standard InChI is InChI=1S/C21H19FN2O5/c1-13-4-2-3-5-17(13)20(27)23-24-11-15(10-19(24)26)21(28)29-12-18(25)14-6-8-16(22)9-7-14/h2-9,15H,10-12H2,1H3,(H,23,27)/t15-/m0/s1. The first kappa shape index (κ1) is 20.2. The predicted octanol–water partition coefficient (Wildman–Crippen LogP) is 2.05. The highest BCUT2D eigenvalue weighted by atomic mass is 19.1. The van der Waals surface area contributed by atoms with Gasteiger partial charge in [-0.25, -0.2) is 4.39 Å². The number of nitrogens with zero attached hydrogens (tertiary/aromatic N) is 1. The highest BCUT2D eigenvalue weighted by Gasteiger charge is 2.36. The Kier molecular flexibility index (Phi) is 6.01. The summed E-state index contributed by atoms with van der Waals surface area (Å²) in [4.78, 5) is 48.7. The molecule has 2 aromatic carbocycles. The van der Waals surface area contributed by atoms with Crippen LogP contribution in [0.15, 0.2) is 48.5 Å². The summed E-state index contributed by atoms with van der Waals surface area (Å²) in [7, 11) is 0. The molecule has 1 fully saturated rings. The Morgan fingerprint density at radius 2 is 1.83 bits per heavy atom. The number of Topliss-reactive ketones (excluding diaryl/α,β-unsaturated/α-hetero) is 1. The van der Waals surface area contributed by atoms with Crippen LogP contribution in [0.2, 0.25) is 0 Å². The zero-order valence-electron chi connectivity index (χ0n) is 15.7. The molecule has 7 nitrogen and oxygen atoms in total. The van der Waals surface area contributed by atoms with Crippen molar-refractivity contribution in [2.75, 3.05) is 13.2 Å². The van der Waals surface area contributed by atoms with Gasteiger partial charge in [-0.2, -0.15) is 0 Å². The lowest BCUT2D eigenvalue weighted by Gasteiger charge is -2.18. The van der Waals surface area contributed by atoms with Crippen LogP contribution in [0, 0.1) is 18.7 Å². The summed E-state index contributed by atoms with van der Waals surface area (Å²) in [6.07, 6.45) is -0.127. The molecule has 0 radical (unpaired) electrons. The first-order valence-electron chi connectivity index (χ1n) is 8.97. The predicted molar refractivity (Wildman–Crippen MR) is 100 cm³/mol. The molecule has 1 heterocycles. The largest absolute Gasteiger partial charge is 0.457 e. The number of carbonyl (C=O) groups is 4. The van der Waals surface area contributed by atoms with Crippen LogP contribution < -0.4 is 5.43 Å². The molecule has 0 saturated carbocycles. The van der Waals surface area contributed by atoms with Crippen molar-refractivity contribution >= 4 is 23.6 Å². The molecule has 2 amide bonds. The van der Waals surface area contributed by atoms with Crippen molar-refractivity contribution in [1.82, 2.24) is 10.4 Å². The monoisotopic (exact) mass is 398 g/mol. The van der Waals surface area contributed by atoms with E-state index in [2.05, 4.69) is 5.43 Å². The van der Waals surface area contributed by atoms with Crippen molar-refractivity contribution < 1.29 is 28.3 Å². The fourth-order valence-electron chi connectivity index (χ4n) is 2.96. The zero-order valence-corrected chi connectivity index (χ0v) is 15.7. The summed E-state index contributed by atoms with van der Waals surface area (Å²) >= 11 is 0. The molecule has 0 bridgehead atoms. The molecule has 1 N–H and O–H groups in total. The Morgan fingerprint density at radius 3 is 2.52 bits per heavy atom. The minimum absolute atomic E-state index is 0.0416. The number of ketones is 1. The Labute approximate surface area is 166 Å². The van der Waals surface area contributed by atoms with Crippen LogP contribution in [0.4, 0.5) is 4.39 Å². The van der Waals surface area contributed by atoms with E-state index in [1.807, 2.05) is 0 Å². The third-order valence-corrected chi connectivity index (χ3v) is 4.60. The van der Waals surface area contributed by atoms with Gasteiger partial charge in [0.25, 0.3) is 5.91 Å². The normalized spacial score (nSPS) is 15.9. The topological polar surface area (TPSA) is 92.8 Å². The summed E-state index contributed by atoms with van der Waals surface area (Å²) in [6, 6.07) is 11.8. The molecule has 0 spiro atoms. The Morgan fingerprint density at radius 1 is 1.14 bits per heavy atom. The first-order chi connectivity index (χ1) is 13.8. The maximum Gasteiger partial charge on any atom is 0.311 e. The molecule has 1 aliphatic heterocycles. The summed E-state index contributed by atoms with van der Waals surface area (Å²) in [6.45, 7) is 1.23. The molecular formula is C21H19FN2O5. The lowest BCUT2D eigenvalue weighted by molar-refractivity contribution is -0.147. The second-order valence-electron chi connectivity index (χ2n) is 6.70. The van der Waals surface area contributed by atoms with Gasteiger partial charge in [-0.1, -0.05) is 18.2 Å². The van der Waals surface area contributed by atoms with Gasteiger partial charge < -0.3 is 4.74 Å². The van der Waals surface area contributed by atoms with Gasteiger partial charge in [0, 0.05) is 17.5 Å². The highest BCUT2D eigenvalue weighted by molar-refractivity contribution is 5.99. The summed E-state index contributed by atoms with van der Waals surface area (Å²) in [5.74, 6) is -3.32. The van der Waals surface area contributed by atoms with Gasteiger partial charge in [0.2, 0.25) is 5.91 Å². The first-order valence-corrected chi connectivity index (χ1v) is 8.97. The van der Waals surface area contributed by atoms with E-state index in [-0.39, 0.29) is 18.5 Å². The Balaban J connectivity index is 1.53. The summed E-state index contributed by atoms with van der Waals surface area (Å²) in [5.41, 5.74) is 3.90. The molecule has 0 aliphatic carbocycles. The number of hydrazine groups is 1. The number of hydrogen-bond acceptors (Lipinski definition) is 5. The third-order valence-electron chi connectivity index (χ3n) is 4.60. The van der Waals surface area contributed by atoms with E-state index < -0.39 is 41.9 Å². The van der Waals surface area contributed by atoms with Gasteiger partial charge in [0.1, 0.15) is 5.82 Å². The fourth-order valence-corrected chi connectivity index (χ4v) is 2.96. The van der Waals surface area contributed by atoms with Crippen LogP contribution in [0.1, 0.15) is 32.7 Å². The maximum atomic E-state index is 12.9. The molecular weight excluding hydrogens is 379 g/mol. The molecule has 150 valence electrons. The van der Waals surface area contributed by atoms with Gasteiger partial charge >= 0.3 is 5.97 Å². The Bertz CT molecular complexity index is 958. The molecule has 3 rings (SSSR count). The molecule has 2 aromatic rings. The van der Waals surface area contributed by atoms with Gasteiger partial charge in [0.05, 0.1) is 12.5 Å². The number of ether oxygens (including phenoxy) is 1. The average Bonchev–Trinajstić information content (AvgIpc) is 3.07. The maximum absolute atomic E-state index is 12.9. The van der Waals surface area contributed by atoms with Crippen molar-refractivity contribution in [2.24, 2.45) is 5.92 Å². The second-order valence-corrected chi connectivity index (χ2v) is 6.70. The molecule has 0 aromatic heterocycles. The van der Waals surface area contributed by atoms with Crippen LogP contribution in [-0.2, 0) is 14.3 Å². The van der Waals surface area contributed by atoms with Crippen molar-refractivity contribution in [3.63, 3.8) is 0 Å². The second kappa shape index (κ2) is 8.64. The van der Waals surface area contributed by atoms with Crippen molar-refractivity contribution in [1.29, 1.82) is 0 Å². The van der Waals surface area contributed by atoms with E-state index in [4.69, 9.17) is 4.74 Å². The number of rotatable bonds is 6. The number of carbonyl (C=O) groups excluding carboxylic acids is 4. The molecule has 0 unspecified atom stereocenters. The van der Waals surface area contributed by atoms with Gasteiger partial charge in [0.15, 0.2) is 12.4 Å². The number of esters is 1. The molecule has 29 heavy (non-hydrogen) atoms. The molecule has 1 saturated heterocycles. The SMILES string of the molecule is Cc1ccccc1C(=O)NN1C[C@@H](C(=O)OCC(=O)c2ccc(F)cc2)CC1=O. The van der Waals surface area contributed by atoms with E-state index in [1.54, 1.807) is 31.2 Å². The van der Waals surface area contributed by atoms with E-state index in [0.717, 1.165) is 22.7 Å². The number of amides is 2. The smallest absolute Gasteiger partial charge is 0.311 e. The summed E-state index contributed by atoms with van der Waals surface area (Å²) < 4.78 is 17.9. The number of aryl methyl sites for hydroxylation is 1. The molecule has 1 aliphatic rings. The van der Waals surface area contributed by atoms with Gasteiger partial charge in [-0.05, 0) is 42.8 Å². The summed E-state index contributed by atoms with van der Waals surface area (Å²) in [5, 5.41) is 1.09. The number of nitrogens with one attached hydrogen (secondary N) is 1. The molecule has 1 atom stereocenters.